The second-order valence-corrected chi connectivity index (χ2v) is 6.37. The van der Waals surface area contributed by atoms with E-state index in [4.69, 9.17) is 5.73 Å². The highest BCUT2D eigenvalue weighted by atomic mass is 19.1. The number of rotatable bonds is 5. The Hall–Kier alpha value is -2.40. The molecule has 3 N–H and O–H groups in total. The lowest BCUT2D eigenvalue weighted by molar-refractivity contribution is 0.392. The summed E-state index contributed by atoms with van der Waals surface area (Å²) in [6.07, 6.45) is 0. The minimum Gasteiger partial charge on any atom is -0.370 e. The van der Waals surface area contributed by atoms with Crippen LogP contribution in [0.25, 0.3) is 0 Å². The number of aryl methyl sites for hydroxylation is 2. The molecule has 0 aliphatic carbocycles. The number of nitrogens with one attached hydrogen (secondary N) is 1. The molecule has 4 nitrogen and oxygen atoms in total. The average molecular weight is 328 g/mol. The van der Waals surface area contributed by atoms with Gasteiger partial charge in [-0.3, -0.25) is 0 Å². The lowest BCUT2D eigenvalue weighted by Crippen LogP contribution is -2.22. The molecule has 2 aromatic carbocycles. The van der Waals surface area contributed by atoms with E-state index in [9.17, 15) is 4.39 Å². The van der Waals surface area contributed by atoms with E-state index in [1.165, 1.54) is 6.07 Å². The second kappa shape index (κ2) is 7.93. The molecule has 0 aromatic heterocycles. The first kappa shape index (κ1) is 17.9. The predicted octanol–water partition coefficient (Wildman–Crippen LogP) is 3.43. The number of guanidine groups is 1. The number of halogens is 1. The van der Waals surface area contributed by atoms with Crippen molar-refractivity contribution in [2.45, 2.75) is 26.9 Å². The lowest BCUT2D eigenvalue weighted by Gasteiger charge is -2.12. The van der Waals surface area contributed by atoms with Gasteiger partial charge >= 0.3 is 0 Å². The first-order valence-corrected chi connectivity index (χ1v) is 7.91. The smallest absolute Gasteiger partial charge is 0.193 e. The quantitative estimate of drug-likeness (QED) is 0.653. The summed E-state index contributed by atoms with van der Waals surface area (Å²) in [6.45, 7) is 5.04. The second-order valence-electron chi connectivity index (χ2n) is 6.37. The van der Waals surface area contributed by atoms with E-state index in [-0.39, 0.29) is 5.82 Å². The van der Waals surface area contributed by atoms with E-state index < -0.39 is 0 Å². The highest BCUT2D eigenvalue weighted by Crippen LogP contribution is 2.15. The topological polar surface area (TPSA) is 53.6 Å². The molecule has 0 atom stereocenters. The number of benzene rings is 2. The maximum Gasteiger partial charge on any atom is 0.193 e. The van der Waals surface area contributed by atoms with E-state index in [1.807, 2.05) is 51.0 Å². The maximum absolute atomic E-state index is 13.8. The summed E-state index contributed by atoms with van der Waals surface area (Å²) >= 11 is 0. The van der Waals surface area contributed by atoms with Crippen LogP contribution < -0.4 is 11.1 Å². The van der Waals surface area contributed by atoms with Gasteiger partial charge < -0.3 is 16.0 Å². The Bertz CT molecular complexity index is 718. The molecule has 0 heterocycles. The van der Waals surface area contributed by atoms with Gasteiger partial charge in [0.15, 0.2) is 5.96 Å². The molecule has 0 bridgehead atoms. The van der Waals surface area contributed by atoms with Crippen molar-refractivity contribution in [1.82, 2.24) is 4.90 Å². The fourth-order valence-corrected chi connectivity index (χ4v) is 2.60. The Morgan fingerprint density at radius 1 is 1.12 bits per heavy atom. The molecule has 0 radical (unpaired) electrons. The van der Waals surface area contributed by atoms with Gasteiger partial charge in [0, 0.05) is 17.8 Å². The normalized spacial score (nSPS) is 11.8. The zero-order valence-electron chi connectivity index (χ0n) is 14.7. The van der Waals surface area contributed by atoms with Crippen molar-refractivity contribution in [1.29, 1.82) is 0 Å². The summed E-state index contributed by atoms with van der Waals surface area (Å²) in [5, 5.41) is 3.10. The van der Waals surface area contributed by atoms with E-state index in [0.29, 0.717) is 24.6 Å². The molecule has 2 rings (SSSR count). The highest BCUT2D eigenvalue weighted by Gasteiger charge is 2.05. The van der Waals surface area contributed by atoms with E-state index in [0.717, 1.165) is 22.4 Å². The molecule has 128 valence electrons. The molecule has 0 aliphatic rings. The van der Waals surface area contributed by atoms with Crippen LogP contribution in [0.3, 0.4) is 0 Å². The molecule has 0 fully saturated rings. The number of anilines is 1. The highest BCUT2D eigenvalue weighted by molar-refractivity contribution is 5.92. The van der Waals surface area contributed by atoms with Gasteiger partial charge in [-0.15, -0.1) is 0 Å². The van der Waals surface area contributed by atoms with Gasteiger partial charge in [0.05, 0.1) is 6.54 Å². The molecular formula is C19H25FN4. The Balaban J connectivity index is 2.06. The number of nitrogens with zero attached hydrogens (tertiary/aromatic N) is 2. The third-order valence-corrected chi connectivity index (χ3v) is 3.52. The SMILES string of the molecule is Cc1cc(C)cc(NC(N)=NCc2ccc(F)c(CN(C)C)c2)c1. The van der Waals surface area contributed by atoms with Crippen LogP contribution in [0.1, 0.15) is 22.3 Å². The molecule has 24 heavy (non-hydrogen) atoms. The Morgan fingerprint density at radius 2 is 1.79 bits per heavy atom. The standard InChI is InChI=1S/C19H25FN4/c1-13-7-14(2)9-17(8-13)23-19(21)22-11-15-5-6-18(20)16(10-15)12-24(3)4/h5-10H,11-12H2,1-4H3,(H3,21,22,23). The van der Waals surface area contributed by atoms with Crippen molar-refractivity contribution in [3.05, 3.63) is 64.5 Å². The monoisotopic (exact) mass is 328 g/mol. The zero-order chi connectivity index (χ0) is 17.7. The number of aliphatic imine (C=N–C) groups is 1. The van der Waals surface area contributed by atoms with Crippen LogP contribution in [0.15, 0.2) is 41.4 Å². The van der Waals surface area contributed by atoms with Crippen molar-refractivity contribution < 1.29 is 4.39 Å². The molecule has 0 spiro atoms. The van der Waals surface area contributed by atoms with Crippen LogP contribution in [0.5, 0.6) is 0 Å². The molecule has 0 unspecified atom stereocenters. The van der Waals surface area contributed by atoms with Gasteiger partial charge in [-0.2, -0.15) is 0 Å². The molecule has 5 heteroatoms. The minimum atomic E-state index is -0.197. The fourth-order valence-electron chi connectivity index (χ4n) is 2.60. The largest absolute Gasteiger partial charge is 0.370 e. The maximum atomic E-state index is 13.8. The van der Waals surface area contributed by atoms with E-state index in [2.05, 4.69) is 16.4 Å². The van der Waals surface area contributed by atoms with Gasteiger partial charge in [-0.1, -0.05) is 12.1 Å². The molecule has 0 saturated carbocycles. The fraction of sp³-hybridized carbons (Fsp3) is 0.316. The molecular weight excluding hydrogens is 303 g/mol. The van der Waals surface area contributed by atoms with Crippen LogP contribution >= 0.6 is 0 Å². The van der Waals surface area contributed by atoms with Gasteiger partial charge in [0.25, 0.3) is 0 Å². The molecule has 0 amide bonds. The summed E-state index contributed by atoms with van der Waals surface area (Å²) in [7, 11) is 3.83. The van der Waals surface area contributed by atoms with Crippen molar-refractivity contribution in [2.75, 3.05) is 19.4 Å². The number of hydrogen-bond donors (Lipinski definition) is 2. The van der Waals surface area contributed by atoms with Crippen molar-refractivity contribution >= 4 is 11.6 Å². The van der Waals surface area contributed by atoms with Crippen LogP contribution in [0.2, 0.25) is 0 Å². The van der Waals surface area contributed by atoms with Crippen molar-refractivity contribution in [3.63, 3.8) is 0 Å². The van der Waals surface area contributed by atoms with Crippen LogP contribution in [-0.4, -0.2) is 25.0 Å². The van der Waals surface area contributed by atoms with E-state index in [1.54, 1.807) is 6.07 Å². The van der Waals surface area contributed by atoms with Crippen molar-refractivity contribution in [2.24, 2.45) is 10.7 Å². The summed E-state index contributed by atoms with van der Waals surface area (Å²) in [4.78, 5) is 6.28. The minimum absolute atomic E-state index is 0.197. The van der Waals surface area contributed by atoms with Gasteiger partial charge in [0.2, 0.25) is 0 Å². The average Bonchev–Trinajstić information content (AvgIpc) is 2.46. The Morgan fingerprint density at radius 3 is 2.42 bits per heavy atom. The molecule has 0 aliphatic heterocycles. The summed E-state index contributed by atoms with van der Waals surface area (Å²) in [5.74, 6) is 0.149. The number of nitrogens with two attached hydrogens (primary N) is 1. The van der Waals surface area contributed by atoms with Gasteiger partial charge in [-0.05, 0) is 68.9 Å². The first-order valence-electron chi connectivity index (χ1n) is 7.91. The van der Waals surface area contributed by atoms with Crippen LogP contribution in [0, 0.1) is 19.7 Å². The third-order valence-electron chi connectivity index (χ3n) is 3.52. The van der Waals surface area contributed by atoms with Gasteiger partial charge in [0.1, 0.15) is 5.82 Å². The summed E-state index contributed by atoms with van der Waals surface area (Å²) in [5.41, 5.74) is 10.8. The Kier molecular flexibility index (Phi) is 5.93. The third kappa shape index (κ3) is 5.35. The van der Waals surface area contributed by atoms with Crippen LogP contribution in [0.4, 0.5) is 10.1 Å². The predicted molar refractivity (Wildman–Crippen MR) is 98.7 cm³/mol. The van der Waals surface area contributed by atoms with Crippen LogP contribution in [-0.2, 0) is 13.1 Å². The zero-order valence-corrected chi connectivity index (χ0v) is 14.7. The summed E-state index contributed by atoms with van der Waals surface area (Å²) < 4.78 is 13.8. The Labute approximate surface area is 143 Å². The lowest BCUT2D eigenvalue weighted by atomic mass is 10.1. The first-order chi connectivity index (χ1) is 11.3. The van der Waals surface area contributed by atoms with E-state index >= 15 is 0 Å². The number of hydrogen-bond acceptors (Lipinski definition) is 2. The van der Waals surface area contributed by atoms with Gasteiger partial charge in [-0.25, -0.2) is 9.38 Å². The summed E-state index contributed by atoms with van der Waals surface area (Å²) in [6, 6.07) is 11.2. The molecule has 2 aromatic rings. The van der Waals surface area contributed by atoms with Crippen molar-refractivity contribution in [3.8, 4) is 0 Å². The molecule has 0 saturated heterocycles.